The fourth-order valence-electron chi connectivity index (χ4n) is 4.53. The number of hydrogen-bond donors (Lipinski definition) is 0. The largest absolute Gasteiger partial charge is 0.465 e. The summed E-state index contributed by atoms with van der Waals surface area (Å²) in [5.74, 6) is 0.719. The van der Waals surface area contributed by atoms with Gasteiger partial charge in [0.15, 0.2) is 0 Å². The van der Waals surface area contributed by atoms with Gasteiger partial charge in [-0.3, -0.25) is 4.79 Å². The van der Waals surface area contributed by atoms with Crippen molar-refractivity contribution < 1.29 is 9.21 Å². The van der Waals surface area contributed by atoms with E-state index in [0.29, 0.717) is 5.76 Å². The van der Waals surface area contributed by atoms with E-state index in [-0.39, 0.29) is 17.9 Å². The second-order valence-electron chi connectivity index (χ2n) is 7.95. The van der Waals surface area contributed by atoms with Gasteiger partial charge >= 0.3 is 0 Å². The summed E-state index contributed by atoms with van der Waals surface area (Å²) in [5.41, 5.74) is 4.56. The SMILES string of the molecule is O=C(/C=C/c1ccco1)N1N=C2/C(=C/c3ccccc3)CCCC2C1c1ccccc1. The molecule has 0 radical (unpaired) electrons. The van der Waals surface area contributed by atoms with Crippen LogP contribution in [0, 0.1) is 5.92 Å². The normalized spacial score (nSPS) is 22.0. The lowest BCUT2D eigenvalue weighted by molar-refractivity contribution is -0.128. The van der Waals surface area contributed by atoms with E-state index >= 15 is 0 Å². The van der Waals surface area contributed by atoms with Gasteiger partial charge in [-0.2, -0.15) is 5.10 Å². The molecular weight excluding hydrogens is 384 g/mol. The third kappa shape index (κ3) is 4.02. The molecule has 3 aromatic rings. The topological polar surface area (TPSA) is 45.8 Å². The van der Waals surface area contributed by atoms with Crippen LogP contribution >= 0.6 is 0 Å². The van der Waals surface area contributed by atoms with E-state index < -0.39 is 0 Å². The first-order chi connectivity index (χ1) is 15.3. The van der Waals surface area contributed by atoms with E-state index in [0.717, 1.165) is 30.5 Å². The van der Waals surface area contributed by atoms with Crippen LogP contribution in [0.1, 0.15) is 42.2 Å². The molecule has 2 aromatic carbocycles. The molecule has 1 aromatic heterocycles. The van der Waals surface area contributed by atoms with Crippen molar-refractivity contribution in [2.24, 2.45) is 11.0 Å². The molecule has 0 saturated heterocycles. The summed E-state index contributed by atoms with van der Waals surface area (Å²) in [7, 11) is 0. The molecule has 0 N–H and O–H groups in total. The molecule has 1 aliphatic carbocycles. The molecule has 31 heavy (non-hydrogen) atoms. The fourth-order valence-corrected chi connectivity index (χ4v) is 4.53. The number of hydrogen-bond acceptors (Lipinski definition) is 3. The molecule has 1 saturated carbocycles. The summed E-state index contributed by atoms with van der Waals surface area (Å²) in [6, 6.07) is 24.1. The lowest BCUT2D eigenvalue weighted by Crippen LogP contribution is -2.30. The van der Waals surface area contributed by atoms with E-state index in [1.165, 1.54) is 11.1 Å². The quantitative estimate of drug-likeness (QED) is 0.489. The number of nitrogens with zero attached hydrogens (tertiary/aromatic N) is 2. The van der Waals surface area contributed by atoms with Crippen LogP contribution in [0.4, 0.5) is 0 Å². The van der Waals surface area contributed by atoms with Crippen molar-refractivity contribution in [2.75, 3.05) is 0 Å². The number of benzene rings is 2. The van der Waals surface area contributed by atoms with Crippen molar-refractivity contribution in [1.82, 2.24) is 5.01 Å². The minimum Gasteiger partial charge on any atom is -0.465 e. The molecule has 5 rings (SSSR count). The van der Waals surface area contributed by atoms with Crippen LogP contribution in [-0.2, 0) is 4.79 Å². The molecule has 4 heteroatoms. The van der Waals surface area contributed by atoms with Gasteiger partial charge in [-0.05, 0) is 60.2 Å². The first kappa shape index (κ1) is 19.3. The van der Waals surface area contributed by atoms with Crippen molar-refractivity contribution in [1.29, 1.82) is 0 Å². The molecule has 1 fully saturated rings. The first-order valence-corrected chi connectivity index (χ1v) is 10.7. The average Bonchev–Trinajstić information content (AvgIpc) is 3.47. The zero-order valence-corrected chi connectivity index (χ0v) is 17.2. The molecule has 2 aliphatic rings. The Morgan fingerprint density at radius 2 is 1.77 bits per heavy atom. The molecule has 2 atom stereocenters. The Hall–Kier alpha value is -3.66. The van der Waals surface area contributed by atoms with Gasteiger partial charge in [-0.1, -0.05) is 60.7 Å². The second kappa shape index (κ2) is 8.60. The van der Waals surface area contributed by atoms with Crippen molar-refractivity contribution in [3.05, 3.63) is 108 Å². The Morgan fingerprint density at radius 3 is 2.52 bits per heavy atom. The fraction of sp³-hybridized carbons (Fsp3) is 0.185. The minimum atomic E-state index is -0.133. The van der Waals surface area contributed by atoms with Crippen LogP contribution in [0.2, 0.25) is 0 Å². The molecular formula is C27H24N2O2. The highest BCUT2D eigenvalue weighted by Gasteiger charge is 2.43. The van der Waals surface area contributed by atoms with Crippen LogP contribution in [0.25, 0.3) is 12.2 Å². The molecule has 154 valence electrons. The van der Waals surface area contributed by atoms with Gasteiger partial charge in [-0.15, -0.1) is 0 Å². The number of furan rings is 1. The van der Waals surface area contributed by atoms with Gasteiger partial charge in [0.25, 0.3) is 5.91 Å². The molecule has 4 nitrogen and oxygen atoms in total. The monoisotopic (exact) mass is 408 g/mol. The second-order valence-corrected chi connectivity index (χ2v) is 7.95. The highest BCUT2D eigenvalue weighted by molar-refractivity contribution is 6.08. The molecule has 0 spiro atoms. The molecule has 1 amide bonds. The average molecular weight is 409 g/mol. The van der Waals surface area contributed by atoms with Gasteiger partial charge < -0.3 is 4.42 Å². The third-order valence-corrected chi connectivity index (χ3v) is 5.94. The Labute approximate surface area is 182 Å². The van der Waals surface area contributed by atoms with Crippen LogP contribution in [0.15, 0.2) is 100 Å². The van der Waals surface area contributed by atoms with Crippen LogP contribution in [-0.4, -0.2) is 16.6 Å². The van der Waals surface area contributed by atoms with Gasteiger partial charge in [0.05, 0.1) is 18.0 Å². The maximum atomic E-state index is 13.2. The summed E-state index contributed by atoms with van der Waals surface area (Å²) in [4.78, 5) is 13.2. The summed E-state index contributed by atoms with van der Waals surface area (Å²) >= 11 is 0. The van der Waals surface area contributed by atoms with Crippen molar-refractivity contribution in [3.63, 3.8) is 0 Å². The number of carbonyl (C=O) groups excluding carboxylic acids is 1. The maximum Gasteiger partial charge on any atom is 0.267 e. The van der Waals surface area contributed by atoms with E-state index in [9.17, 15) is 4.79 Å². The zero-order chi connectivity index (χ0) is 21.0. The minimum absolute atomic E-state index is 0.0931. The molecule has 0 bridgehead atoms. The molecule has 1 aliphatic heterocycles. The predicted octanol–water partition coefficient (Wildman–Crippen LogP) is 6.12. The number of rotatable bonds is 4. The van der Waals surface area contributed by atoms with Crippen molar-refractivity contribution in [2.45, 2.75) is 25.3 Å². The van der Waals surface area contributed by atoms with Gasteiger partial charge in [0.2, 0.25) is 0 Å². The van der Waals surface area contributed by atoms with Crippen molar-refractivity contribution in [3.8, 4) is 0 Å². The van der Waals surface area contributed by atoms with Gasteiger partial charge in [0, 0.05) is 12.0 Å². The number of allylic oxidation sites excluding steroid dienone is 1. The van der Waals surface area contributed by atoms with Crippen molar-refractivity contribution >= 4 is 23.8 Å². The van der Waals surface area contributed by atoms with Gasteiger partial charge in [0.1, 0.15) is 5.76 Å². The van der Waals surface area contributed by atoms with E-state index in [2.05, 4.69) is 30.3 Å². The third-order valence-electron chi connectivity index (χ3n) is 5.94. The van der Waals surface area contributed by atoms with Crippen LogP contribution < -0.4 is 0 Å². The highest BCUT2D eigenvalue weighted by atomic mass is 16.3. The van der Waals surface area contributed by atoms with E-state index in [1.807, 2.05) is 48.5 Å². The lowest BCUT2D eigenvalue weighted by atomic mass is 9.77. The number of amides is 1. The number of carbonyl (C=O) groups is 1. The summed E-state index contributed by atoms with van der Waals surface area (Å²) in [5, 5.41) is 6.56. The molecule has 2 heterocycles. The van der Waals surface area contributed by atoms with Crippen LogP contribution in [0.5, 0.6) is 0 Å². The standard InChI is InChI=1S/C27H24N2O2/c30-25(17-16-23-14-8-18-31-23)29-27(21-11-5-2-6-12-21)24-15-7-13-22(26(24)28-29)19-20-9-3-1-4-10-20/h1-6,8-12,14,16-19,24,27H,7,13,15H2/b17-16+,22-19+. The predicted molar refractivity (Wildman–Crippen MR) is 123 cm³/mol. The van der Waals surface area contributed by atoms with E-state index in [4.69, 9.17) is 9.52 Å². The summed E-state index contributed by atoms with van der Waals surface area (Å²) < 4.78 is 5.33. The van der Waals surface area contributed by atoms with E-state index in [1.54, 1.807) is 23.4 Å². The summed E-state index contributed by atoms with van der Waals surface area (Å²) in [6.45, 7) is 0. The van der Waals surface area contributed by atoms with Crippen LogP contribution in [0.3, 0.4) is 0 Å². The zero-order valence-electron chi connectivity index (χ0n) is 17.2. The Bertz CT molecular complexity index is 1130. The van der Waals surface area contributed by atoms with Gasteiger partial charge in [-0.25, -0.2) is 5.01 Å². The Balaban J connectivity index is 1.52. The Morgan fingerprint density at radius 1 is 1.00 bits per heavy atom. The lowest BCUT2D eigenvalue weighted by Gasteiger charge is -2.29. The number of hydrazone groups is 1. The molecule has 2 unspecified atom stereocenters. The highest BCUT2D eigenvalue weighted by Crippen LogP contribution is 2.44. The first-order valence-electron chi connectivity index (χ1n) is 10.7. The summed E-state index contributed by atoms with van der Waals surface area (Å²) in [6.07, 6.45) is 10.2. The number of fused-ring (bicyclic) bond motifs is 1. The Kier molecular flexibility index (Phi) is 5.36. The maximum absolute atomic E-state index is 13.2. The smallest absolute Gasteiger partial charge is 0.267 e.